The van der Waals surface area contributed by atoms with E-state index in [-0.39, 0.29) is 41.1 Å². The molecule has 2 heterocycles. The number of carbonyl (C=O) groups excluding carboxylic acids is 6. The van der Waals surface area contributed by atoms with E-state index < -0.39 is 53.2 Å². The Hall–Kier alpha value is -6.45. The third-order valence-electron chi connectivity index (χ3n) is 11.8. The normalized spacial score (nSPS) is 24.1. The Morgan fingerprint density at radius 1 is 0.554 bits per heavy atom. The van der Waals surface area contributed by atoms with Gasteiger partial charge in [0.05, 0.1) is 35.0 Å². The third kappa shape index (κ3) is 5.61. The van der Waals surface area contributed by atoms with E-state index in [2.05, 4.69) is 0 Å². The average Bonchev–Trinajstić information content (AvgIpc) is 3.63. The molecule has 10 heteroatoms. The van der Waals surface area contributed by atoms with E-state index in [4.69, 9.17) is 11.6 Å². The molecule has 1 N–H and O–H groups in total. The van der Waals surface area contributed by atoms with Gasteiger partial charge in [-0.25, -0.2) is 0 Å². The van der Waals surface area contributed by atoms with E-state index in [1.807, 2.05) is 18.2 Å². The first-order valence-corrected chi connectivity index (χ1v) is 18.8. The van der Waals surface area contributed by atoms with Crippen molar-refractivity contribution in [2.75, 3.05) is 9.80 Å². The van der Waals surface area contributed by atoms with E-state index in [0.29, 0.717) is 39.2 Å². The molecule has 4 aliphatic rings. The number of hydrogen-bond acceptors (Lipinski definition) is 7. The number of phenolic OH excluding ortho intramolecular Hbond substituents is 1. The zero-order valence-electron chi connectivity index (χ0n) is 29.7. The van der Waals surface area contributed by atoms with Gasteiger partial charge in [-0.1, -0.05) is 90.0 Å². The van der Waals surface area contributed by atoms with Crippen molar-refractivity contribution in [1.29, 1.82) is 0 Å². The number of nitrogens with zero attached hydrogens (tertiary/aromatic N) is 2. The number of halogens is 1. The molecule has 2 aliphatic heterocycles. The van der Waals surface area contributed by atoms with Crippen molar-refractivity contribution >= 4 is 58.2 Å². The summed E-state index contributed by atoms with van der Waals surface area (Å²) in [7, 11) is 0. The SMILES string of the molecule is O=C(c1ccccc1)c1ccc(N2C(=O)C3CC=C4C(CC5C(=O)N(c6ccc(C(=O)c7ccccc7)cc6)C(=O)C5C4c4ccc(O)cc4Cl)C3C2=O)cc1. The smallest absolute Gasteiger partial charge is 0.238 e. The van der Waals surface area contributed by atoms with Gasteiger partial charge in [0, 0.05) is 33.2 Å². The monoisotopic (exact) mass is 760 g/mol. The van der Waals surface area contributed by atoms with E-state index in [0.717, 1.165) is 10.5 Å². The topological polar surface area (TPSA) is 129 Å². The van der Waals surface area contributed by atoms with Crippen LogP contribution in [0.3, 0.4) is 0 Å². The molecule has 5 aromatic carbocycles. The molecule has 276 valence electrons. The molecule has 56 heavy (non-hydrogen) atoms. The van der Waals surface area contributed by atoms with Gasteiger partial charge >= 0.3 is 0 Å². The molecule has 2 saturated heterocycles. The number of phenols is 1. The van der Waals surface area contributed by atoms with Crippen molar-refractivity contribution in [3.05, 3.63) is 172 Å². The lowest BCUT2D eigenvalue weighted by Gasteiger charge is -2.44. The number of carbonyl (C=O) groups is 6. The van der Waals surface area contributed by atoms with Gasteiger partial charge in [-0.15, -0.1) is 0 Å². The Morgan fingerprint density at radius 3 is 1.55 bits per heavy atom. The molecule has 9 nitrogen and oxygen atoms in total. The summed E-state index contributed by atoms with van der Waals surface area (Å²) in [5.74, 6) is -6.55. The summed E-state index contributed by atoms with van der Waals surface area (Å²) in [5, 5.41) is 10.5. The Kier molecular flexibility index (Phi) is 8.62. The fraction of sp³-hybridized carbons (Fsp3) is 0.174. The Morgan fingerprint density at radius 2 is 1.04 bits per heavy atom. The van der Waals surface area contributed by atoms with Crippen molar-refractivity contribution in [3.63, 3.8) is 0 Å². The summed E-state index contributed by atoms with van der Waals surface area (Å²) in [6.07, 6.45) is 2.33. The number of allylic oxidation sites excluding steroid dienone is 2. The number of anilines is 2. The standard InChI is InChI=1S/C46H33ClN2O7/c47-37-23-31(50)19-20-33(37)38-32-21-22-34-39(45(55)48(43(34)53)29-15-11-27(12-16-29)41(51)25-7-3-1-4-8-25)35(32)24-36-40(38)46(56)49(44(36)54)30-17-13-28(14-18-30)42(52)26-9-5-2-6-10-26/h1-21,23,34-36,38-40,50H,22,24H2. The summed E-state index contributed by atoms with van der Waals surface area (Å²) in [6.45, 7) is 0. The summed E-state index contributed by atoms with van der Waals surface area (Å²) in [5.41, 5.74) is 3.81. The second kappa shape index (κ2) is 13.7. The van der Waals surface area contributed by atoms with E-state index in [9.17, 15) is 33.9 Å². The van der Waals surface area contributed by atoms with Crippen molar-refractivity contribution in [3.8, 4) is 5.75 Å². The maximum atomic E-state index is 14.5. The van der Waals surface area contributed by atoms with Crippen LogP contribution in [0.5, 0.6) is 5.75 Å². The molecule has 4 amide bonds. The fourth-order valence-corrected chi connectivity index (χ4v) is 9.54. The summed E-state index contributed by atoms with van der Waals surface area (Å²) >= 11 is 6.78. The number of aromatic hydroxyl groups is 1. The lowest BCUT2D eigenvalue weighted by atomic mass is 9.57. The zero-order chi connectivity index (χ0) is 38.8. The number of benzene rings is 5. The van der Waals surface area contributed by atoms with Crippen molar-refractivity contribution < 1.29 is 33.9 Å². The second-order valence-electron chi connectivity index (χ2n) is 14.7. The minimum absolute atomic E-state index is 0.0652. The first-order chi connectivity index (χ1) is 27.1. The van der Waals surface area contributed by atoms with Gasteiger partial charge in [0.25, 0.3) is 0 Å². The van der Waals surface area contributed by atoms with Crippen LogP contribution >= 0.6 is 11.6 Å². The highest BCUT2D eigenvalue weighted by Gasteiger charge is 2.62. The lowest BCUT2D eigenvalue weighted by Crippen LogP contribution is -2.43. The quantitative estimate of drug-likeness (QED) is 0.103. The van der Waals surface area contributed by atoms with Gasteiger partial charge in [-0.3, -0.25) is 38.6 Å². The molecule has 3 fully saturated rings. The predicted molar refractivity (Wildman–Crippen MR) is 208 cm³/mol. The van der Waals surface area contributed by atoms with Gasteiger partial charge in [0.2, 0.25) is 23.6 Å². The molecule has 1 saturated carbocycles. The number of hydrogen-bond donors (Lipinski definition) is 1. The number of amides is 4. The number of imide groups is 2. The molecule has 0 radical (unpaired) electrons. The van der Waals surface area contributed by atoms with E-state index in [1.165, 1.54) is 17.0 Å². The van der Waals surface area contributed by atoms with Crippen LogP contribution in [0.15, 0.2) is 139 Å². The van der Waals surface area contributed by atoms with Crippen molar-refractivity contribution in [2.45, 2.75) is 18.8 Å². The van der Waals surface area contributed by atoms with Gasteiger partial charge in [0.15, 0.2) is 11.6 Å². The first kappa shape index (κ1) is 35.3. The summed E-state index contributed by atoms with van der Waals surface area (Å²) < 4.78 is 0. The molecule has 0 bridgehead atoms. The van der Waals surface area contributed by atoms with Crippen LogP contribution in [-0.4, -0.2) is 40.3 Å². The van der Waals surface area contributed by atoms with Crippen LogP contribution in [-0.2, 0) is 19.2 Å². The largest absolute Gasteiger partial charge is 0.508 e. The zero-order valence-corrected chi connectivity index (χ0v) is 30.5. The minimum Gasteiger partial charge on any atom is -0.508 e. The first-order valence-electron chi connectivity index (χ1n) is 18.5. The molecule has 6 unspecified atom stereocenters. The maximum Gasteiger partial charge on any atom is 0.238 e. The fourth-order valence-electron chi connectivity index (χ4n) is 9.25. The number of ketones is 2. The van der Waals surface area contributed by atoms with Gasteiger partial charge < -0.3 is 5.11 Å². The molecule has 6 atom stereocenters. The van der Waals surface area contributed by atoms with Crippen LogP contribution in [0.25, 0.3) is 0 Å². The van der Waals surface area contributed by atoms with Crippen LogP contribution in [0.2, 0.25) is 5.02 Å². The third-order valence-corrected chi connectivity index (χ3v) is 12.1. The van der Waals surface area contributed by atoms with Gasteiger partial charge in [0.1, 0.15) is 5.75 Å². The predicted octanol–water partition coefficient (Wildman–Crippen LogP) is 7.55. The molecule has 2 aliphatic carbocycles. The molecule has 0 spiro atoms. The van der Waals surface area contributed by atoms with Crippen LogP contribution < -0.4 is 9.80 Å². The Balaban J connectivity index is 1.05. The Labute approximate surface area is 326 Å². The Bertz CT molecular complexity index is 2500. The number of fused-ring (bicyclic) bond motifs is 4. The minimum atomic E-state index is -0.868. The average molecular weight is 761 g/mol. The van der Waals surface area contributed by atoms with Crippen LogP contribution in [0.1, 0.15) is 56.2 Å². The molecular formula is C46H33ClN2O7. The highest BCUT2D eigenvalue weighted by molar-refractivity contribution is 6.32. The molecule has 9 rings (SSSR count). The molecular weight excluding hydrogens is 728 g/mol. The van der Waals surface area contributed by atoms with E-state index >= 15 is 0 Å². The summed E-state index contributed by atoms with van der Waals surface area (Å²) in [6, 6.07) is 34.9. The lowest BCUT2D eigenvalue weighted by molar-refractivity contribution is -0.126. The van der Waals surface area contributed by atoms with Crippen LogP contribution in [0.4, 0.5) is 11.4 Å². The molecule has 0 aromatic heterocycles. The van der Waals surface area contributed by atoms with Crippen molar-refractivity contribution in [2.24, 2.45) is 29.6 Å². The van der Waals surface area contributed by atoms with Crippen molar-refractivity contribution in [1.82, 2.24) is 0 Å². The maximum absolute atomic E-state index is 14.5. The van der Waals surface area contributed by atoms with Crippen LogP contribution in [0, 0.1) is 29.6 Å². The number of rotatable bonds is 7. The second-order valence-corrected chi connectivity index (χ2v) is 15.1. The van der Waals surface area contributed by atoms with Gasteiger partial charge in [-0.2, -0.15) is 0 Å². The van der Waals surface area contributed by atoms with E-state index in [1.54, 1.807) is 103 Å². The molecule has 5 aromatic rings. The summed E-state index contributed by atoms with van der Waals surface area (Å²) in [4.78, 5) is 86.0. The van der Waals surface area contributed by atoms with Gasteiger partial charge in [-0.05, 0) is 85.0 Å². The highest BCUT2D eigenvalue weighted by Crippen LogP contribution is 2.59. The highest BCUT2D eigenvalue weighted by atomic mass is 35.5.